The maximum Gasteiger partial charge on any atom is 0.267 e. The van der Waals surface area contributed by atoms with E-state index in [1.165, 1.54) is 24.2 Å². The Labute approximate surface area is 123 Å². The number of aromatic nitrogens is 1. The third-order valence-corrected chi connectivity index (χ3v) is 5.61. The Bertz CT molecular complexity index is 499. The quantitative estimate of drug-likeness (QED) is 0.907. The molecular formula is C14H22N4OS. The molecule has 0 spiro atoms. The molecule has 2 aliphatic rings. The van der Waals surface area contributed by atoms with Crippen LogP contribution in [0.25, 0.3) is 0 Å². The number of likely N-dealkylation sites (tertiary alicyclic amines) is 1. The van der Waals surface area contributed by atoms with Gasteiger partial charge in [0, 0.05) is 26.2 Å². The lowest BCUT2D eigenvalue weighted by molar-refractivity contribution is 0.0790. The van der Waals surface area contributed by atoms with Gasteiger partial charge < -0.3 is 15.5 Å². The molecule has 5 nitrogen and oxygen atoms in total. The molecule has 2 unspecified atom stereocenters. The maximum atomic E-state index is 12.6. The maximum absolute atomic E-state index is 12.6. The van der Waals surface area contributed by atoms with Gasteiger partial charge in [0.15, 0.2) is 5.13 Å². The SMILES string of the molecule is CC1CN(C(=O)c2sc(N3CCCC3)nc2N)CC1C. The van der Waals surface area contributed by atoms with Gasteiger partial charge in [-0.2, -0.15) is 0 Å². The number of amides is 1. The number of thiazole rings is 1. The van der Waals surface area contributed by atoms with Crippen molar-refractivity contribution in [1.82, 2.24) is 9.88 Å². The van der Waals surface area contributed by atoms with Crippen LogP contribution in [0.5, 0.6) is 0 Å². The number of hydrogen-bond donors (Lipinski definition) is 1. The molecular weight excluding hydrogens is 272 g/mol. The fourth-order valence-corrected chi connectivity index (χ4v) is 3.96. The van der Waals surface area contributed by atoms with Crippen molar-refractivity contribution in [3.63, 3.8) is 0 Å². The Morgan fingerprint density at radius 3 is 2.45 bits per heavy atom. The van der Waals surface area contributed by atoms with Crippen molar-refractivity contribution in [3.05, 3.63) is 4.88 Å². The van der Waals surface area contributed by atoms with E-state index in [4.69, 9.17) is 5.73 Å². The molecule has 0 aromatic carbocycles. The zero-order valence-electron chi connectivity index (χ0n) is 12.1. The van der Waals surface area contributed by atoms with Gasteiger partial charge in [-0.05, 0) is 24.7 Å². The molecule has 1 aromatic heterocycles. The van der Waals surface area contributed by atoms with Crippen LogP contribution in [0.3, 0.4) is 0 Å². The lowest BCUT2D eigenvalue weighted by atomic mass is 10.0. The topological polar surface area (TPSA) is 62.5 Å². The van der Waals surface area contributed by atoms with Crippen LogP contribution in [-0.2, 0) is 0 Å². The predicted octanol–water partition coefficient (Wildman–Crippen LogP) is 2.05. The number of hydrogen-bond acceptors (Lipinski definition) is 5. The minimum Gasteiger partial charge on any atom is -0.382 e. The summed E-state index contributed by atoms with van der Waals surface area (Å²) in [6.07, 6.45) is 2.40. The summed E-state index contributed by atoms with van der Waals surface area (Å²) in [5.74, 6) is 1.58. The number of nitrogens with two attached hydrogens (primary N) is 1. The second kappa shape index (κ2) is 5.24. The summed E-state index contributed by atoms with van der Waals surface area (Å²) in [6, 6.07) is 0. The lowest BCUT2D eigenvalue weighted by Crippen LogP contribution is -2.28. The van der Waals surface area contributed by atoms with Crippen molar-refractivity contribution >= 4 is 28.2 Å². The molecule has 0 saturated carbocycles. The van der Waals surface area contributed by atoms with Gasteiger partial charge >= 0.3 is 0 Å². The molecule has 2 fully saturated rings. The second-order valence-electron chi connectivity index (χ2n) is 6.07. The molecule has 2 saturated heterocycles. The Kier molecular flexibility index (Phi) is 3.58. The van der Waals surface area contributed by atoms with Crippen LogP contribution in [0.2, 0.25) is 0 Å². The van der Waals surface area contributed by atoms with Crippen molar-refractivity contribution in [2.24, 2.45) is 11.8 Å². The molecule has 0 bridgehead atoms. The minimum absolute atomic E-state index is 0.0571. The number of nitrogen functional groups attached to an aromatic ring is 1. The van der Waals surface area contributed by atoms with Gasteiger partial charge in [-0.25, -0.2) is 4.98 Å². The van der Waals surface area contributed by atoms with E-state index in [2.05, 4.69) is 23.7 Å². The summed E-state index contributed by atoms with van der Waals surface area (Å²) in [7, 11) is 0. The zero-order chi connectivity index (χ0) is 14.3. The molecule has 3 rings (SSSR count). The van der Waals surface area contributed by atoms with Gasteiger partial charge in [0.05, 0.1) is 0 Å². The van der Waals surface area contributed by atoms with Gasteiger partial charge in [-0.15, -0.1) is 0 Å². The third-order valence-electron chi connectivity index (χ3n) is 4.49. The number of carbonyl (C=O) groups excluding carboxylic acids is 1. The highest BCUT2D eigenvalue weighted by molar-refractivity contribution is 7.18. The predicted molar refractivity (Wildman–Crippen MR) is 82.2 cm³/mol. The molecule has 0 aliphatic carbocycles. The first-order valence-corrected chi connectivity index (χ1v) is 8.18. The molecule has 3 heterocycles. The average Bonchev–Trinajstić information content (AvgIpc) is 3.10. The molecule has 20 heavy (non-hydrogen) atoms. The van der Waals surface area contributed by atoms with E-state index in [1.807, 2.05) is 4.90 Å². The summed E-state index contributed by atoms with van der Waals surface area (Å²) < 4.78 is 0. The normalized spacial score (nSPS) is 26.5. The standard InChI is InChI=1S/C14H22N4OS/c1-9-7-18(8-10(9)2)13(19)11-12(15)16-14(20-11)17-5-3-4-6-17/h9-10H,3-8,15H2,1-2H3. The van der Waals surface area contributed by atoms with Crippen molar-refractivity contribution < 1.29 is 4.79 Å². The van der Waals surface area contributed by atoms with E-state index in [1.54, 1.807) is 0 Å². The van der Waals surface area contributed by atoms with Crippen molar-refractivity contribution in [3.8, 4) is 0 Å². The monoisotopic (exact) mass is 294 g/mol. The van der Waals surface area contributed by atoms with E-state index in [0.29, 0.717) is 22.5 Å². The fraction of sp³-hybridized carbons (Fsp3) is 0.714. The highest BCUT2D eigenvalue weighted by Gasteiger charge is 2.32. The Hall–Kier alpha value is -1.30. The van der Waals surface area contributed by atoms with Crippen LogP contribution in [-0.4, -0.2) is 42.0 Å². The molecule has 1 amide bonds. The number of rotatable bonds is 2. The molecule has 0 radical (unpaired) electrons. The van der Waals surface area contributed by atoms with Crippen LogP contribution in [0.4, 0.5) is 10.9 Å². The van der Waals surface area contributed by atoms with Gasteiger partial charge in [0.2, 0.25) is 0 Å². The Morgan fingerprint density at radius 2 is 1.85 bits per heavy atom. The van der Waals surface area contributed by atoms with Crippen molar-refractivity contribution in [1.29, 1.82) is 0 Å². The van der Waals surface area contributed by atoms with Crippen LogP contribution in [0, 0.1) is 11.8 Å². The third kappa shape index (κ3) is 2.37. The molecule has 2 atom stereocenters. The van der Waals surface area contributed by atoms with Crippen LogP contribution in [0.15, 0.2) is 0 Å². The van der Waals surface area contributed by atoms with Crippen LogP contribution >= 0.6 is 11.3 Å². The summed E-state index contributed by atoms with van der Waals surface area (Å²) in [4.78, 5) is 21.8. The first-order chi connectivity index (χ1) is 9.56. The number of anilines is 2. The number of nitrogens with zero attached hydrogens (tertiary/aromatic N) is 3. The van der Waals surface area contributed by atoms with Gasteiger partial charge in [0.25, 0.3) is 5.91 Å². The van der Waals surface area contributed by atoms with E-state index >= 15 is 0 Å². The second-order valence-corrected chi connectivity index (χ2v) is 7.05. The highest BCUT2D eigenvalue weighted by atomic mass is 32.1. The summed E-state index contributed by atoms with van der Waals surface area (Å²) in [6.45, 7) is 8.11. The molecule has 2 N–H and O–H groups in total. The van der Waals surface area contributed by atoms with Crippen LogP contribution in [0.1, 0.15) is 36.4 Å². The minimum atomic E-state index is 0.0571. The van der Waals surface area contributed by atoms with E-state index in [-0.39, 0.29) is 5.91 Å². The first kappa shape index (κ1) is 13.7. The van der Waals surface area contributed by atoms with Crippen molar-refractivity contribution in [2.45, 2.75) is 26.7 Å². The molecule has 6 heteroatoms. The molecule has 1 aromatic rings. The summed E-state index contributed by atoms with van der Waals surface area (Å²) in [5.41, 5.74) is 5.97. The van der Waals surface area contributed by atoms with Crippen molar-refractivity contribution in [2.75, 3.05) is 36.8 Å². The highest BCUT2D eigenvalue weighted by Crippen LogP contribution is 2.33. The Morgan fingerprint density at radius 1 is 1.25 bits per heavy atom. The summed E-state index contributed by atoms with van der Waals surface area (Å²) >= 11 is 1.45. The van der Waals surface area contributed by atoms with E-state index in [9.17, 15) is 4.79 Å². The van der Waals surface area contributed by atoms with Crippen LogP contribution < -0.4 is 10.6 Å². The molecule has 2 aliphatic heterocycles. The number of carbonyl (C=O) groups is 1. The molecule has 110 valence electrons. The first-order valence-electron chi connectivity index (χ1n) is 7.36. The fourth-order valence-electron chi connectivity index (χ4n) is 2.96. The van der Waals surface area contributed by atoms with Gasteiger partial charge in [-0.3, -0.25) is 4.79 Å². The largest absolute Gasteiger partial charge is 0.382 e. The summed E-state index contributed by atoms with van der Waals surface area (Å²) in [5, 5.41) is 0.906. The van der Waals surface area contributed by atoms with Gasteiger partial charge in [0.1, 0.15) is 10.7 Å². The lowest BCUT2D eigenvalue weighted by Gasteiger charge is -2.15. The van der Waals surface area contributed by atoms with E-state index in [0.717, 1.165) is 31.3 Å². The van der Waals surface area contributed by atoms with E-state index < -0.39 is 0 Å². The average molecular weight is 294 g/mol. The Balaban J connectivity index is 1.78. The van der Waals surface area contributed by atoms with Gasteiger partial charge in [-0.1, -0.05) is 25.2 Å². The smallest absolute Gasteiger partial charge is 0.267 e. The zero-order valence-corrected chi connectivity index (χ0v) is 12.9.